The van der Waals surface area contributed by atoms with Crippen molar-refractivity contribution in [2.45, 2.75) is 24.8 Å². The van der Waals surface area contributed by atoms with E-state index in [1.165, 1.54) is 35.6 Å². The average Bonchev–Trinajstić information content (AvgIpc) is 3.08. The first-order valence-corrected chi connectivity index (χ1v) is 13.5. The largest absolute Gasteiger partial charge is 0.350 e. The highest BCUT2D eigenvalue weighted by Gasteiger charge is 2.34. The van der Waals surface area contributed by atoms with E-state index >= 15 is 0 Å². The standard InChI is InChI=1S/C23H23Cl2N3O5S2/c1-14(2)27(3)35(32,33)17-6-4-5-16(13-17)21(29)26-9-10-28-22(30)20(34-23(28)31)12-15-7-8-18(24)19(25)11-15/h4-8,11-14H,9-10H2,1-3H3,(H,26,29)/b20-12-. The van der Waals surface area contributed by atoms with E-state index < -0.39 is 27.1 Å². The first-order chi connectivity index (χ1) is 16.4. The highest BCUT2D eigenvalue weighted by Crippen LogP contribution is 2.33. The van der Waals surface area contributed by atoms with Gasteiger partial charge in [0.25, 0.3) is 17.1 Å². The Bertz CT molecular complexity index is 1310. The van der Waals surface area contributed by atoms with Gasteiger partial charge < -0.3 is 5.32 Å². The Morgan fingerprint density at radius 3 is 2.51 bits per heavy atom. The van der Waals surface area contributed by atoms with Gasteiger partial charge >= 0.3 is 0 Å². The van der Waals surface area contributed by atoms with Crippen LogP contribution >= 0.6 is 35.0 Å². The molecule has 2 aromatic rings. The number of amides is 3. The lowest BCUT2D eigenvalue weighted by Crippen LogP contribution is -2.37. The number of hydrogen-bond donors (Lipinski definition) is 1. The molecule has 1 N–H and O–H groups in total. The van der Waals surface area contributed by atoms with Crippen molar-refractivity contribution >= 4 is 68.1 Å². The minimum absolute atomic E-state index is 0.000198. The predicted octanol–water partition coefficient (Wildman–Crippen LogP) is 4.49. The zero-order valence-corrected chi connectivity index (χ0v) is 22.3. The summed E-state index contributed by atoms with van der Waals surface area (Å²) in [6, 6.07) is 10.3. The summed E-state index contributed by atoms with van der Waals surface area (Å²) in [5.41, 5.74) is 0.771. The van der Waals surface area contributed by atoms with Crippen LogP contribution in [0.5, 0.6) is 0 Å². The second-order valence-corrected chi connectivity index (χ2v) is 11.7. The highest BCUT2D eigenvalue weighted by atomic mass is 35.5. The first-order valence-electron chi connectivity index (χ1n) is 10.5. The third-order valence-electron chi connectivity index (χ3n) is 5.24. The highest BCUT2D eigenvalue weighted by molar-refractivity contribution is 8.18. The number of imide groups is 1. The summed E-state index contributed by atoms with van der Waals surface area (Å²) in [4.78, 5) is 38.8. The number of rotatable bonds is 8. The van der Waals surface area contributed by atoms with Crippen LogP contribution in [0.4, 0.5) is 4.79 Å². The fourth-order valence-corrected chi connectivity index (χ4v) is 5.66. The molecule has 0 unspecified atom stereocenters. The molecule has 35 heavy (non-hydrogen) atoms. The molecule has 12 heteroatoms. The number of hydrogen-bond acceptors (Lipinski definition) is 6. The summed E-state index contributed by atoms with van der Waals surface area (Å²) >= 11 is 12.7. The van der Waals surface area contributed by atoms with Crippen molar-refractivity contribution in [2.75, 3.05) is 20.1 Å². The Hall–Kier alpha value is -2.37. The Kier molecular flexibility index (Phi) is 8.66. The Balaban J connectivity index is 1.64. The van der Waals surface area contributed by atoms with Crippen LogP contribution in [0.15, 0.2) is 52.3 Å². The molecule has 1 aliphatic heterocycles. The van der Waals surface area contributed by atoms with Gasteiger partial charge in [-0.1, -0.05) is 35.3 Å². The number of halogens is 2. The zero-order valence-electron chi connectivity index (χ0n) is 19.1. The van der Waals surface area contributed by atoms with Crippen molar-refractivity contribution in [2.24, 2.45) is 0 Å². The van der Waals surface area contributed by atoms with E-state index in [1.807, 2.05) is 0 Å². The fourth-order valence-electron chi connectivity index (χ4n) is 3.07. The maximum Gasteiger partial charge on any atom is 0.293 e. The summed E-state index contributed by atoms with van der Waals surface area (Å²) in [6.07, 6.45) is 1.55. The molecule has 0 atom stereocenters. The van der Waals surface area contributed by atoms with Gasteiger partial charge in [-0.15, -0.1) is 0 Å². The summed E-state index contributed by atoms with van der Waals surface area (Å²) < 4.78 is 26.6. The number of carbonyl (C=O) groups is 3. The van der Waals surface area contributed by atoms with Crippen molar-refractivity contribution in [1.82, 2.24) is 14.5 Å². The number of benzene rings is 2. The Morgan fingerprint density at radius 2 is 1.86 bits per heavy atom. The second-order valence-electron chi connectivity index (χ2n) is 7.91. The fraction of sp³-hybridized carbons (Fsp3) is 0.261. The van der Waals surface area contributed by atoms with Crippen molar-refractivity contribution in [3.8, 4) is 0 Å². The SMILES string of the molecule is CC(C)N(C)S(=O)(=O)c1cccc(C(=O)NCCN2C(=O)S/C(=C\c3ccc(Cl)c(Cl)c3)C2=O)c1. The quantitative estimate of drug-likeness (QED) is 0.481. The molecule has 8 nitrogen and oxygen atoms in total. The van der Waals surface area contributed by atoms with E-state index in [4.69, 9.17) is 23.2 Å². The van der Waals surface area contributed by atoms with Gasteiger partial charge in [0.2, 0.25) is 10.0 Å². The van der Waals surface area contributed by atoms with Crippen molar-refractivity contribution in [1.29, 1.82) is 0 Å². The van der Waals surface area contributed by atoms with E-state index in [0.29, 0.717) is 15.6 Å². The number of thioether (sulfide) groups is 1. The van der Waals surface area contributed by atoms with Gasteiger partial charge in [0, 0.05) is 31.7 Å². The monoisotopic (exact) mass is 555 g/mol. The molecule has 0 aliphatic carbocycles. The molecule has 1 fully saturated rings. The van der Waals surface area contributed by atoms with Gasteiger partial charge in [0.05, 0.1) is 19.8 Å². The summed E-state index contributed by atoms with van der Waals surface area (Å²) in [6.45, 7) is 3.46. The molecule has 186 valence electrons. The second kappa shape index (κ2) is 11.1. The van der Waals surface area contributed by atoms with E-state index in [1.54, 1.807) is 38.1 Å². The lowest BCUT2D eigenvalue weighted by molar-refractivity contribution is -0.122. The molecule has 2 aromatic carbocycles. The van der Waals surface area contributed by atoms with Crippen molar-refractivity contribution < 1.29 is 22.8 Å². The Labute approximate surface area is 218 Å². The lowest BCUT2D eigenvalue weighted by atomic mass is 10.2. The molecule has 0 radical (unpaired) electrons. The molecular weight excluding hydrogens is 533 g/mol. The summed E-state index contributed by atoms with van der Waals surface area (Å²) in [5.74, 6) is -1.00. The average molecular weight is 556 g/mol. The van der Waals surface area contributed by atoms with Crippen LogP contribution in [0.1, 0.15) is 29.8 Å². The van der Waals surface area contributed by atoms with Crippen LogP contribution in [0.3, 0.4) is 0 Å². The van der Waals surface area contributed by atoms with Crippen LogP contribution in [0, 0.1) is 0 Å². The Morgan fingerprint density at radius 1 is 1.14 bits per heavy atom. The number of nitrogens with zero attached hydrogens (tertiary/aromatic N) is 2. The molecule has 0 aromatic heterocycles. The summed E-state index contributed by atoms with van der Waals surface area (Å²) in [5, 5.41) is 2.87. The van der Waals surface area contributed by atoms with Gasteiger partial charge in [-0.2, -0.15) is 4.31 Å². The normalized spacial score (nSPS) is 15.5. The third kappa shape index (κ3) is 6.25. The maximum atomic E-state index is 12.7. The van der Waals surface area contributed by atoms with Gasteiger partial charge in [-0.3, -0.25) is 19.3 Å². The van der Waals surface area contributed by atoms with E-state index in [9.17, 15) is 22.8 Å². The van der Waals surface area contributed by atoms with Gasteiger partial charge in [0.1, 0.15) is 0 Å². The molecule has 3 amide bonds. The van der Waals surface area contributed by atoms with Crippen LogP contribution in [-0.4, -0.2) is 60.9 Å². The summed E-state index contributed by atoms with van der Waals surface area (Å²) in [7, 11) is -2.28. The van der Waals surface area contributed by atoms with Crippen molar-refractivity contribution in [3.05, 3.63) is 68.5 Å². The number of sulfonamides is 1. The van der Waals surface area contributed by atoms with E-state index in [0.717, 1.165) is 16.7 Å². The predicted molar refractivity (Wildman–Crippen MR) is 138 cm³/mol. The van der Waals surface area contributed by atoms with Gasteiger partial charge in [-0.05, 0) is 67.6 Å². The van der Waals surface area contributed by atoms with Gasteiger partial charge in [-0.25, -0.2) is 8.42 Å². The molecule has 0 saturated carbocycles. The number of nitrogens with one attached hydrogen (secondary N) is 1. The van der Waals surface area contributed by atoms with Crippen LogP contribution in [-0.2, 0) is 14.8 Å². The van der Waals surface area contributed by atoms with E-state index in [2.05, 4.69) is 5.32 Å². The van der Waals surface area contributed by atoms with Crippen LogP contribution in [0.2, 0.25) is 10.0 Å². The van der Waals surface area contributed by atoms with E-state index in [-0.39, 0.29) is 34.5 Å². The lowest BCUT2D eigenvalue weighted by Gasteiger charge is -2.21. The molecule has 1 saturated heterocycles. The topological polar surface area (TPSA) is 104 Å². The third-order valence-corrected chi connectivity index (χ3v) is 8.91. The zero-order chi connectivity index (χ0) is 25.9. The molecule has 0 bridgehead atoms. The minimum atomic E-state index is -3.75. The van der Waals surface area contributed by atoms with Crippen molar-refractivity contribution in [3.63, 3.8) is 0 Å². The van der Waals surface area contributed by atoms with Crippen LogP contribution < -0.4 is 5.32 Å². The molecule has 0 spiro atoms. The molecule has 1 aliphatic rings. The van der Waals surface area contributed by atoms with Crippen LogP contribution in [0.25, 0.3) is 6.08 Å². The smallest absolute Gasteiger partial charge is 0.293 e. The maximum absolute atomic E-state index is 12.7. The first kappa shape index (κ1) is 27.2. The molecule has 1 heterocycles. The minimum Gasteiger partial charge on any atom is -0.350 e. The molecular formula is C23H23Cl2N3O5S2. The van der Waals surface area contributed by atoms with Gasteiger partial charge in [0.15, 0.2) is 0 Å². The molecule has 3 rings (SSSR count). The number of carbonyl (C=O) groups excluding carboxylic acids is 3.